The molecule has 0 atom stereocenters. The van der Waals surface area contributed by atoms with Crippen LogP contribution in [0.3, 0.4) is 0 Å². The second-order valence-electron chi connectivity index (χ2n) is 5.48. The molecule has 0 amide bonds. The minimum absolute atomic E-state index is 0.272. The van der Waals surface area contributed by atoms with Gasteiger partial charge in [-0.1, -0.05) is 19.1 Å². The zero-order chi connectivity index (χ0) is 16.2. The second-order valence-corrected chi connectivity index (χ2v) is 7.16. The number of hydrogen-bond acceptors (Lipinski definition) is 3. The molecular formula is C17H22N2O2S. The van der Waals surface area contributed by atoms with Gasteiger partial charge in [0, 0.05) is 17.4 Å². The molecule has 0 aliphatic carbocycles. The molecule has 0 aliphatic rings. The van der Waals surface area contributed by atoms with Gasteiger partial charge in [0.1, 0.15) is 0 Å². The summed E-state index contributed by atoms with van der Waals surface area (Å²) in [6.45, 7) is 6.14. The Morgan fingerprint density at radius 2 is 1.45 bits per heavy atom. The van der Waals surface area contributed by atoms with E-state index in [0.717, 1.165) is 17.7 Å². The fraction of sp³-hybridized carbons (Fsp3) is 0.294. The predicted octanol–water partition coefficient (Wildman–Crippen LogP) is 3.87. The quantitative estimate of drug-likeness (QED) is 0.850. The van der Waals surface area contributed by atoms with E-state index in [0.29, 0.717) is 11.7 Å². The molecule has 0 bridgehead atoms. The fourth-order valence-electron chi connectivity index (χ4n) is 2.09. The average Bonchev–Trinajstić information content (AvgIpc) is 2.48. The maximum atomic E-state index is 12.3. The van der Waals surface area contributed by atoms with E-state index in [4.69, 9.17) is 0 Å². The molecular weight excluding hydrogens is 296 g/mol. The van der Waals surface area contributed by atoms with Gasteiger partial charge in [-0.05, 0) is 62.2 Å². The average molecular weight is 318 g/mol. The largest absolute Gasteiger partial charge is 0.383 e. The molecule has 22 heavy (non-hydrogen) atoms. The van der Waals surface area contributed by atoms with Crippen LogP contribution in [-0.4, -0.2) is 14.5 Å². The Hall–Kier alpha value is -2.01. The monoisotopic (exact) mass is 318 g/mol. The van der Waals surface area contributed by atoms with Gasteiger partial charge in [-0.2, -0.15) is 0 Å². The van der Waals surface area contributed by atoms with Crippen molar-refractivity contribution >= 4 is 21.4 Å². The predicted molar refractivity (Wildman–Crippen MR) is 91.8 cm³/mol. The lowest BCUT2D eigenvalue weighted by molar-refractivity contribution is 0.601. The Morgan fingerprint density at radius 1 is 0.909 bits per heavy atom. The molecule has 2 aromatic carbocycles. The summed E-state index contributed by atoms with van der Waals surface area (Å²) in [5.41, 5.74) is 2.63. The zero-order valence-electron chi connectivity index (χ0n) is 13.1. The first-order valence-electron chi connectivity index (χ1n) is 7.39. The third-order valence-corrected chi connectivity index (χ3v) is 4.63. The van der Waals surface area contributed by atoms with Crippen LogP contribution in [0.1, 0.15) is 26.3 Å². The van der Waals surface area contributed by atoms with Crippen molar-refractivity contribution in [2.45, 2.75) is 38.1 Å². The summed E-state index contributed by atoms with van der Waals surface area (Å²) < 4.78 is 27.3. The van der Waals surface area contributed by atoms with Crippen molar-refractivity contribution in [1.29, 1.82) is 0 Å². The van der Waals surface area contributed by atoms with Crippen LogP contribution in [0.25, 0.3) is 0 Å². The molecule has 2 N–H and O–H groups in total. The van der Waals surface area contributed by atoms with E-state index < -0.39 is 10.0 Å². The van der Waals surface area contributed by atoms with Crippen LogP contribution in [0.2, 0.25) is 0 Å². The van der Waals surface area contributed by atoms with E-state index in [1.54, 1.807) is 24.3 Å². The van der Waals surface area contributed by atoms with Gasteiger partial charge in [-0.15, -0.1) is 0 Å². The van der Waals surface area contributed by atoms with Crippen molar-refractivity contribution in [2.75, 3.05) is 10.0 Å². The van der Waals surface area contributed by atoms with Gasteiger partial charge in [0.25, 0.3) is 10.0 Å². The Morgan fingerprint density at radius 3 is 1.95 bits per heavy atom. The summed E-state index contributed by atoms with van der Waals surface area (Å²) in [6, 6.07) is 14.5. The van der Waals surface area contributed by atoms with Gasteiger partial charge >= 0.3 is 0 Å². The molecule has 2 aromatic rings. The number of anilines is 2. The molecule has 0 aromatic heterocycles. The number of aryl methyl sites for hydroxylation is 1. The number of nitrogens with one attached hydrogen (secondary N) is 2. The van der Waals surface area contributed by atoms with Gasteiger partial charge in [0.2, 0.25) is 0 Å². The zero-order valence-corrected chi connectivity index (χ0v) is 13.9. The lowest BCUT2D eigenvalue weighted by Gasteiger charge is -2.12. The molecule has 0 heterocycles. The highest BCUT2D eigenvalue weighted by atomic mass is 32.2. The smallest absolute Gasteiger partial charge is 0.261 e. The molecule has 4 nitrogen and oxygen atoms in total. The number of rotatable bonds is 6. The molecule has 118 valence electrons. The molecule has 0 fully saturated rings. The maximum Gasteiger partial charge on any atom is 0.261 e. The first-order chi connectivity index (χ1) is 10.4. The Bertz CT molecular complexity index is 705. The topological polar surface area (TPSA) is 58.2 Å². The Labute approximate surface area is 132 Å². The number of sulfonamides is 1. The lowest BCUT2D eigenvalue weighted by atomic mass is 10.2. The Kier molecular flexibility index (Phi) is 5.08. The van der Waals surface area contributed by atoms with Gasteiger partial charge in [-0.25, -0.2) is 8.42 Å². The molecule has 2 rings (SSSR count). The van der Waals surface area contributed by atoms with Crippen molar-refractivity contribution in [3.05, 3.63) is 54.1 Å². The van der Waals surface area contributed by atoms with E-state index in [9.17, 15) is 8.42 Å². The molecule has 5 heteroatoms. The SMILES string of the molecule is CCc1ccc(S(=O)(=O)Nc2ccc(NC(C)C)cc2)cc1. The van der Waals surface area contributed by atoms with E-state index in [1.165, 1.54) is 0 Å². The molecule has 0 unspecified atom stereocenters. The van der Waals surface area contributed by atoms with Crippen LogP contribution < -0.4 is 10.0 Å². The maximum absolute atomic E-state index is 12.3. The van der Waals surface area contributed by atoms with E-state index in [-0.39, 0.29) is 4.90 Å². The summed E-state index contributed by atoms with van der Waals surface area (Å²) in [5, 5.41) is 3.26. The molecule has 0 spiro atoms. The summed E-state index contributed by atoms with van der Waals surface area (Å²) in [4.78, 5) is 0.272. The van der Waals surface area contributed by atoms with Crippen LogP contribution in [-0.2, 0) is 16.4 Å². The summed E-state index contributed by atoms with van der Waals surface area (Å²) >= 11 is 0. The minimum atomic E-state index is -3.54. The van der Waals surface area contributed by atoms with Gasteiger partial charge in [0.05, 0.1) is 4.90 Å². The van der Waals surface area contributed by atoms with E-state index in [2.05, 4.69) is 23.9 Å². The van der Waals surface area contributed by atoms with Gasteiger partial charge < -0.3 is 5.32 Å². The second kappa shape index (κ2) is 6.83. The van der Waals surface area contributed by atoms with Crippen molar-refractivity contribution in [1.82, 2.24) is 0 Å². The summed E-state index contributed by atoms with van der Waals surface area (Å²) in [6.07, 6.45) is 0.887. The lowest BCUT2D eigenvalue weighted by Crippen LogP contribution is -2.13. The van der Waals surface area contributed by atoms with Crippen molar-refractivity contribution in [3.63, 3.8) is 0 Å². The molecule has 0 saturated heterocycles. The fourth-order valence-corrected chi connectivity index (χ4v) is 3.14. The molecule has 0 aliphatic heterocycles. The summed E-state index contributed by atoms with van der Waals surface area (Å²) in [7, 11) is -3.54. The molecule has 0 saturated carbocycles. The molecule has 0 radical (unpaired) electrons. The highest BCUT2D eigenvalue weighted by molar-refractivity contribution is 7.92. The van der Waals surface area contributed by atoms with Crippen molar-refractivity contribution in [2.24, 2.45) is 0 Å². The first-order valence-corrected chi connectivity index (χ1v) is 8.87. The van der Waals surface area contributed by atoms with Crippen LogP contribution >= 0.6 is 0 Å². The number of benzene rings is 2. The minimum Gasteiger partial charge on any atom is -0.383 e. The van der Waals surface area contributed by atoms with E-state index in [1.807, 2.05) is 31.2 Å². The van der Waals surface area contributed by atoms with Crippen molar-refractivity contribution in [3.8, 4) is 0 Å². The standard InChI is InChI=1S/C17H22N2O2S/c1-4-14-5-11-17(12-6-14)22(20,21)19-16-9-7-15(8-10-16)18-13(2)3/h5-13,18-19H,4H2,1-3H3. The van der Waals surface area contributed by atoms with Crippen LogP contribution in [0.15, 0.2) is 53.4 Å². The highest BCUT2D eigenvalue weighted by Gasteiger charge is 2.13. The van der Waals surface area contributed by atoms with E-state index >= 15 is 0 Å². The Balaban J connectivity index is 2.13. The third kappa shape index (κ3) is 4.24. The third-order valence-electron chi connectivity index (χ3n) is 3.23. The van der Waals surface area contributed by atoms with Crippen LogP contribution in [0.4, 0.5) is 11.4 Å². The summed E-state index contributed by atoms with van der Waals surface area (Å²) in [5.74, 6) is 0. The highest BCUT2D eigenvalue weighted by Crippen LogP contribution is 2.19. The van der Waals surface area contributed by atoms with Crippen molar-refractivity contribution < 1.29 is 8.42 Å². The van der Waals surface area contributed by atoms with Crippen LogP contribution in [0.5, 0.6) is 0 Å². The van der Waals surface area contributed by atoms with Gasteiger partial charge in [0.15, 0.2) is 0 Å². The normalized spacial score (nSPS) is 11.5. The van der Waals surface area contributed by atoms with Gasteiger partial charge in [-0.3, -0.25) is 4.72 Å². The number of hydrogen-bond donors (Lipinski definition) is 2. The first kappa shape index (κ1) is 16.4. The van der Waals surface area contributed by atoms with Crippen LogP contribution in [0, 0.1) is 0 Å².